The van der Waals surface area contributed by atoms with Gasteiger partial charge in [0.05, 0.1) is 0 Å². The summed E-state index contributed by atoms with van der Waals surface area (Å²) in [5.74, 6) is 0.895. The number of hydrogen-bond acceptors (Lipinski definition) is 3. The Morgan fingerprint density at radius 1 is 0.444 bits per heavy atom. The Balaban J connectivity index is 2.06. The minimum Gasteiger partial charge on any atom is -0.507 e. The summed E-state index contributed by atoms with van der Waals surface area (Å²) in [6.07, 6.45) is 29.3. The van der Waals surface area contributed by atoms with Crippen molar-refractivity contribution in [1.82, 2.24) is 0 Å². The second-order valence-corrected chi connectivity index (χ2v) is 15.8. The molecule has 0 aliphatic rings. The van der Waals surface area contributed by atoms with Crippen LogP contribution in [-0.4, -0.2) is 20.7 Å². The Morgan fingerprint density at radius 3 is 1.00 bits per heavy atom. The summed E-state index contributed by atoms with van der Waals surface area (Å²) < 4.78 is 0. The molecular formula is C42H70O2S. The highest BCUT2D eigenvalue weighted by atomic mass is 32.2. The third-order valence-corrected chi connectivity index (χ3v) is 11.2. The molecule has 2 aromatic carbocycles. The van der Waals surface area contributed by atoms with Crippen LogP contribution in [0.25, 0.3) is 0 Å². The topological polar surface area (TPSA) is 40.5 Å². The maximum Gasteiger partial charge on any atom is 0.121 e. The van der Waals surface area contributed by atoms with Gasteiger partial charge in [-0.15, -0.1) is 0 Å². The van der Waals surface area contributed by atoms with Crippen LogP contribution < -0.4 is 0 Å². The van der Waals surface area contributed by atoms with Gasteiger partial charge < -0.3 is 10.2 Å². The van der Waals surface area contributed by atoms with Crippen LogP contribution in [0.2, 0.25) is 0 Å². The zero-order valence-corrected chi connectivity index (χ0v) is 31.1. The van der Waals surface area contributed by atoms with Gasteiger partial charge in [0.15, 0.2) is 0 Å². The lowest BCUT2D eigenvalue weighted by Crippen LogP contribution is -2.17. The first-order chi connectivity index (χ1) is 21.7. The molecule has 0 aromatic heterocycles. The van der Waals surface area contributed by atoms with Crippen LogP contribution >= 0.6 is 11.8 Å². The van der Waals surface area contributed by atoms with Gasteiger partial charge >= 0.3 is 0 Å². The summed E-state index contributed by atoms with van der Waals surface area (Å²) in [4.78, 5) is 0. The van der Waals surface area contributed by atoms with E-state index in [0.29, 0.717) is 22.0 Å². The molecule has 256 valence electrons. The SMILES string of the molecule is CCCCCCCCCCCC(Cc1cc(C)c(O)c(C)c1)SC(CCCCCCCCCCC)Cc1cc(C)c(O)c(C)c1. The van der Waals surface area contributed by atoms with Crippen molar-refractivity contribution in [2.24, 2.45) is 0 Å². The molecule has 2 nitrogen and oxygen atoms in total. The van der Waals surface area contributed by atoms with Crippen molar-refractivity contribution < 1.29 is 10.2 Å². The van der Waals surface area contributed by atoms with Crippen LogP contribution in [0, 0.1) is 27.7 Å². The molecule has 0 heterocycles. The van der Waals surface area contributed by atoms with E-state index < -0.39 is 0 Å². The lowest BCUT2D eigenvalue weighted by atomic mass is 9.99. The van der Waals surface area contributed by atoms with Crippen molar-refractivity contribution in [1.29, 1.82) is 0 Å². The number of thioether (sulfide) groups is 1. The van der Waals surface area contributed by atoms with E-state index in [0.717, 1.165) is 35.1 Å². The Morgan fingerprint density at radius 2 is 0.711 bits per heavy atom. The van der Waals surface area contributed by atoms with Gasteiger partial charge in [-0.3, -0.25) is 0 Å². The van der Waals surface area contributed by atoms with E-state index >= 15 is 0 Å². The first-order valence-electron chi connectivity index (χ1n) is 19.0. The maximum absolute atomic E-state index is 10.4. The lowest BCUT2D eigenvalue weighted by molar-refractivity contribution is 0.466. The predicted octanol–water partition coefficient (Wildman–Crippen LogP) is 13.4. The molecule has 0 radical (unpaired) electrons. The van der Waals surface area contributed by atoms with E-state index in [9.17, 15) is 10.2 Å². The number of phenolic OH excluding ortho intramolecular Hbond substituents is 2. The normalized spacial score (nSPS) is 12.9. The van der Waals surface area contributed by atoms with E-state index in [1.165, 1.54) is 140 Å². The maximum atomic E-state index is 10.4. The highest BCUT2D eigenvalue weighted by molar-refractivity contribution is 8.00. The minimum absolute atomic E-state index is 0.447. The Labute approximate surface area is 283 Å². The van der Waals surface area contributed by atoms with Crippen LogP contribution in [0.3, 0.4) is 0 Å². The van der Waals surface area contributed by atoms with E-state index in [2.05, 4.69) is 49.9 Å². The number of rotatable bonds is 26. The van der Waals surface area contributed by atoms with Crippen molar-refractivity contribution in [3.05, 3.63) is 57.6 Å². The second kappa shape index (κ2) is 23.7. The van der Waals surface area contributed by atoms with Crippen molar-refractivity contribution >= 4 is 11.8 Å². The van der Waals surface area contributed by atoms with Gasteiger partial charge in [-0.2, -0.15) is 11.8 Å². The van der Waals surface area contributed by atoms with Crippen LogP contribution in [0.5, 0.6) is 11.5 Å². The molecule has 3 heteroatoms. The number of aromatic hydroxyl groups is 2. The summed E-state index contributed by atoms with van der Waals surface area (Å²) in [6, 6.07) is 8.87. The molecule has 0 bridgehead atoms. The van der Waals surface area contributed by atoms with Gasteiger partial charge in [-0.25, -0.2) is 0 Å². The third-order valence-electron chi connectivity index (χ3n) is 9.67. The van der Waals surface area contributed by atoms with E-state index in [1.807, 2.05) is 27.7 Å². The first-order valence-corrected chi connectivity index (χ1v) is 19.9. The molecule has 0 saturated heterocycles. The van der Waals surface area contributed by atoms with Crippen LogP contribution in [-0.2, 0) is 12.8 Å². The fraction of sp³-hybridized carbons (Fsp3) is 0.714. The average molecular weight is 639 g/mol. The molecule has 2 unspecified atom stereocenters. The summed E-state index contributed by atoms with van der Waals surface area (Å²) in [6.45, 7) is 12.7. The summed E-state index contributed by atoms with van der Waals surface area (Å²) in [5.41, 5.74) is 6.73. The number of benzene rings is 2. The van der Waals surface area contributed by atoms with E-state index in [-0.39, 0.29) is 0 Å². The molecule has 0 fully saturated rings. The molecule has 2 rings (SSSR count). The Kier molecular flexibility index (Phi) is 20.8. The van der Waals surface area contributed by atoms with Gasteiger partial charge in [0.2, 0.25) is 0 Å². The second-order valence-electron chi connectivity index (χ2n) is 14.2. The smallest absolute Gasteiger partial charge is 0.121 e. The predicted molar refractivity (Wildman–Crippen MR) is 201 cm³/mol. The zero-order chi connectivity index (χ0) is 32.9. The quantitative estimate of drug-likeness (QED) is 0.101. The molecule has 0 saturated carbocycles. The number of hydrogen-bond donors (Lipinski definition) is 2. The highest BCUT2D eigenvalue weighted by Gasteiger charge is 2.20. The first kappa shape index (κ1) is 39.6. The number of phenols is 2. The van der Waals surface area contributed by atoms with Crippen molar-refractivity contribution in [2.45, 2.75) is 193 Å². The largest absolute Gasteiger partial charge is 0.507 e. The van der Waals surface area contributed by atoms with Gasteiger partial charge in [0.25, 0.3) is 0 Å². The van der Waals surface area contributed by atoms with Gasteiger partial charge in [0.1, 0.15) is 11.5 Å². The molecule has 45 heavy (non-hydrogen) atoms. The molecular weight excluding hydrogens is 569 g/mol. The molecule has 0 aliphatic heterocycles. The zero-order valence-electron chi connectivity index (χ0n) is 30.3. The number of aryl methyl sites for hydroxylation is 4. The molecule has 0 aliphatic carbocycles. The molecule has 2 atom stereocenters. The number of unbranched alkanes of at least 4 members (excludes halogenated alkanes) is 16. The van der Waals surface area contributed by atoms with Crippen LogP contribution in [0.15, 0.2) is 24.3 Å². The average Bonchev–Trinajstić information content (AvgIpc) is 3.00. The van der Waals surface area contributed by atoms with Crippen molar-refractivity contribution in [2.75, 3.05) is 0 Å². The fourth-order valence-electron chi connectivity index (χ4n) is 6.93. The van der Waals surface area contributed by atoms with Crippen molar-refractivity contribution in [3.8, 4) is 11.5 Å². The lowest BCUT2D eigenvalue weighted by Gasteiger charge is -2.25. The van der Waals surface area contributed by atoms with Crippen molar-refractivity contribution in [3.63, 3.8) is 0 Å². The fourth-order valence-corrected chi connectivity index (χ4v) is 8.65. The third kappa shape index (κ3) is 16.7. The van der Waals surface area contributed by atoms with Crippen LogP contribution in [0.4, 0.5) is 0 Å². The Hall–Kier alpha value is -1.61. The Bertz CT molecular complexity index is 931. The highest BCUT2D eigenvalue weighted by Crippen LogP contribution is 2.34. The van der Waals surface area contributed by atoms with Gasteiger partial charge in [-0.05, 0) is 86.8 Å². The molecule has 2 aromatic rings. The van der Waals surface area contributed by atoms with E-state index in [4.69, 9.17) is 0 Å². The molecule has 2 N–H and O–H groups in total. The van der Waals surface area contributed by atoms with Gasteiger partial charge in [0, 0.05) is 10.5 Å². The molecule has 0 amide bonds. The summed E-state index contributed by atoms with van der Waals surface area (Å²) in [5, 5.41) is 22.0. The van der Waals surface area contributed by atoms with Crippen LogP contribution in [0.1, 0.15) is 176 Å². The summed E-state index contributed by atoms with van der Waals surface area (Å²) in [7, 11) is 0. The summed E-state index contributed by atoms with van der Waals surface area (Å²) >= 11 is 2.24. The van der Waals surface area contributed by atoms with E-state index in [1.54, 1.807) is 0 Å². The molecule has 0 spiro atoms. The standard InChI is InChI=1S/C42H70O2S/c1-7-9-11-13-15-17-19-21-23-25-39(31-37-27-33(3)41(43)34(4)28-37)45-40(26-24-22-20-18-16-14-12-10-8-2)32-38-29-35(5)42(44)36(6)30-38/h27-30,39-40,43-44H,7-26,31-32H2,1-6H3. The monoisotopic (exact) mass is 639 g/mol. The minimum atomic E-state index is 0.447. The van der Waals surface area contributed by atoms with Gasteiger partial charge in [-0.1, -0.05) is 154 Å².